The SMILES string of the molecule is CN1CCC(N2C[C@H]3CC(N(Cc4ccc(N(C)c5ccncc5)cc4)c4nccc(-c5ccc(C(F)(F)F)cc5)n4)C[C@H]3C2)CC1. The lowest BCUT2D eigenvalue weighted by Crippen LogP contribution is -2.43. The van der Waals surface area contributed by atoms with Gasteiger partial charge in [0.05, 0.1) is 11.3 Å². The van der Waals surface area contributed by atoms with Crippen LogP contribution >= 0.6 is 0 Å². The molecule has 3 aliphatic rings. The van der Waals surface area contributed by atoms with Crippen molar-refractivity contribution >= 4 is 17.3 Å². The molecule has 4 heterocycles. The summed E-state index contributed by atoms with van der Waals surface area (Å²) in [6.07, 6.45) is 5.62. The second-order valence-corrected chi connectivity index (χ2v) is 13.5. The number of anilines is 3. The molecular weight excluding hydrogens is 599 g/mol. The maximum Gasteiger partial charge on any atom is 0.416 e. The van der Waals surface area contributed by atoms with E-state index in [1.807, 2.05) is 19.2 Å². The Morgan fingerprint density at radius 1 is 0.809 bits per heavy atom. The van der Waals surface area contributed by atoms with E-state index in [0.717, 1.165) is 55.0 Å². The molecule has 7 rings (SSSR count). The van der Waals surface area contributed by atoms with Gasteiger partial charge in [-0.1, -0.05) is 24.3 Å². The van der Waals surface area contributed by atoms with Crippen molar-refractivity contribution in [2.45, 2.75) is 50.5 Å². The summed E-state index contributed by atoms with van der Waals surface area (Å²) in [6, 6.07) is 20.6. The fourth-order valence-corrected chi connectivity index (χ4v) is 7.80. The van der Waals surface area contributed by atoms with E-state index in [1.165, 1.54) is 38.1 Å². The summed E-state index contributed by atoms with van der Waals surface area (Å²) in [5, 5.41) is 0. The van der Waals surface area contributed by atoms with Gasteiger partial charge in [0.15, 0.2) is 0 Å². The van der Waals surface area contributed by atoms with Crippen molar-refractivity contribution in [1.82, 2.24) is 24.8 Å². The maximum absolute atomic E-state index is 13.2. The third-order valence-corrected chi connectivity index (χ3v) is 10.5. The van der Waals surface area contributed by atoms with Gasteiger partial charge in [0.2, 0.25) is 5.95 Å². The van der Waals surface area contributed by atoms with Gasteiger partial charge >= 0.3 is 6.18 Å². The standard InChI is InChI=1S/C37H42F3N7/c1-44-19-14-33(15-20-44)46-24-28-21-34(22-29(28)25-46)47(23-26-3-9-31(10-4-26)45(2)32-11-16-41-17-12-32)36-42-18-13-35(43-36)27-5-7-30(8-6-27)37(38,39)40/h3-13,16-18,28-29,33-34H,14-15,19-25H2,1-2H3/t28-,29+,34?. The molecule has 2 saturated heterocycles. The first-order chi connectivity index (χ1) is 22.7. The smallest absolute Gasteiger partial charge is 0.345 e. The number of hydrogen-bond donors (Lipinski definition) is 0. The second-order valence-electron chi connectivity index (χ2n) is 13.5. The molecule has 1 saturated carbocycles. The predicted octanol–water partition coefficient (Wildman–Crippen LogP) is 7.14. The third kappa shape index (κ3) is 6.99. The van der Waals surface area contributed by atoms with Crippen LogP contribution in [0.3, 0.4) is 0 Å². The molecule has 0 spiro atoms. The van der Waals surface area contributed by atoms with Crippen LogP contribution in [0.4, 0.5) is 30.5 Å². The highest BCUT2D eigenvalue weighted by Crippen LogP contribution is 2.43. The molecule has 3 atom stereocenters. The van der Waals surface area contributed by atoms with E-state index in [4.69, 9.17) is 9.97 Å². The first-order valence-corrected chi connectivity index (χ1v) is 16.6. The molecule has 2 aromatic carbocycles. The van der Waals surface area contributed by atoms with E-state index in [2.05, 4.69) is 55.9 Å². The fourth-order valence-electron chi connectivity index (χ4n) is 7.80. The molecule has 0 bridgehead atoms. The summed E-state index contributed by atoms with van der Waals surface area (Å²) >= 11 is 0. The van der Waals surface area contributed by atoms with Gasteiger partial charge in [-0.05, 0) is 106 Å². The minimum absolute atomic E-state index is 0.284. The molecule has 0 radical (unpaired) electrons. The van der Waals surface area contributed by atoms with Crippen LogP contribution in [-0.2, 0) is 12.7 Å². The van der Waals surface area contributed by atoms with Crippen molar-refractivity contribution in [2.75, 3.05) is 50.1 Å². The summed E-state index contributed by atoms with van der Waals surface area (Å²) in [5.74, 6) is 1.92. The van der Waals surface area contributed by atoms with Crippen molar-refractivity contribution < 1.29 is 13.2 Å². The van der Waals surface area contributed by atoms with E-state index in [1.54, 1.807) is 24.7 Å². The largest absolute Gasteiger partial charge is 0.416 e. The van der Waals surface area contributed by atoms with Gasteiger partial charge in [-0.2, -0.15) is 13.2 Å². The van der Waals surface area contributed by atoms with E-state index >= 15 is 0 Å². The van der Waals surface area contributed by atoms with E-state index in [0.29, 0.717) is 41.6 Å². The van der Waals surface area contributed by atoms with E-state index in [-0.39, 0.29) is 6.04 Å². The number of rotatable bonds is 8. The molecule has 2 aromatic heterocycles. The predicted molar refractivity (Wildman–Crippen MR) is 179 cm³/mol. The molecule has 7 nitrogen and oxygen atoms in total. The number of hydrogen-bond acceptors (Lipinski definition) is 7. The molecule has 47 heavy (non-hydrogen) atoms. The van der Waals surface area contributed by atoms with Crippen molar-refractivity contribution in [3.8, 4) is 11.3 Å². The Bertz CT molecular complexity index is 1610. The first kappa shape index (κ1) is 31.6. The van der Waals surface area contributed by atoms with Gasteiger partial charge in [0, 0.05) is 74.3 Å². The molecule has 3 fully saturated rings. The average molecular weight is 642 g/mol. The third-order valence-electron chi connectivity index (χ3n) is 10.5. The maximum atomic E-state index is 13.2. The highest BCUT2D eigenvalue weighted by Gasteiger charge is 2.45. The number of piperidine rings is 1. The van der Waals surface area contributed by atoms with Crippen LogP contribution in [0.5, 0.6) is 0 Å². The van der Waals surface area contributed by atoms with Gasteiger partial charge in [0.25, 0.3) is 0 Å². The molecule has 246 valence electrons. The number of aromatic nitrogens is 3. The molecule has 1 unspecified atom stereocenters. The van der Waals surface area contributed by atoms with Crippen LogP contribution in [0.2, 0.25) is 0 Å². The molecule has 1 aliphatic carbocycles. The summed E-state index contributed by atoms with van der Waals surface area (Å²) in [7, 11) is 4.26. The highest BCUT2D eigenvalue weighted by atomic mass is 19.4. The Hall–Kier alpha value is -4.02. The normalized spacial score (nSPS) is 22.4. The summed E-state index contributed by atoms with van der Waals surface area (Å²) in [5.41, 5.74) is 3.90. The van der Waals surface area contributed by atoms with Gasteiger partial charge < -0.3 is 14.7 Å². The van der Waals surface area contributed by atoms with Crippen molar-refractivity contribution in [3.63, 3.8) is 0 Å². The van der Waals surface area contributed by atoms with Crippen LogP contribution in [0.25, 0.3) is 11.3 Å². The second kappa shape index (κ2) is 13.2. The molecule has 10 heteroatoms. The number of benzene rings is 2. The van der Waals surface area contributed by atoms with Gasteiger partial charge in [-0.25, -0.2) is 9.97 Å². The molecule has 4 aromatic rings. The topological polar surface area (TPSA) is 51.6 Å². The summed E-state index contributed by atoms with van der Waals surface area (Å²) in [4.78, 5) is 23.5. The van der Waals surface area contributed by atoms with E-state index in [9.17, 15) is 13.2 Å². The minimum atomic E-state index is -4.38. The van der Waals surface area contributed by atoms with Gasteiger partial charge in [-0.3, -0.25) is 9.88 Å². The monoisotopic (exact) mass is 641 g/mol. The number of pyridine rings is 1. The number of fused-ring (bicyclic) bond motifs is 1. The van der Waals surface area contributed by atoms with Gasteiger partial charge in [0.1, 0.15) is 0 Å². The lowest BCUT2D eigenvalue weighted by Gasteiger charge is -2.36. The highest BCUT2D eigenvalue weighted by molar-refractivity contribution is 5.63. The molecular formula is C37H42F3N7. The van der Waals surface area contributed by atoms with Gasteiger partial charge in [-0.15, -0.1) is 0 Å². The Balaban J connectivity index is 1.12. The lowest BCUT2D eigenvalue weighted by atomic mass is 10.0. The fraction of sp³-hybridized carbons (Fsp3) is 0.432. The first-order valence-electron chi connectivity index (χ1n) is 16.6. The number of likely N-dealkylation sites (tertiary alicyclic amines) is 2. The summed E-state index contributed by atoms with van der Waals surface area (Å²) < 4.78 is 39.7. The van der Waals surface area contributed by atoms with Crippen LogP contribution in [0, 0.1) is 11.8 Å². The molecule has 0 N–H and O–H groups in total. The lowest BCUT2D eigenvalue weighted by molar-refractivity contribution is -0.137. The number of alkyl halides is 3. The summed E-state index contributed by atoms with van der Waals surface area (Å²) in [6.45, 7) is 5.32. The quantitative estimate of drug-likeness (QED) is 0.203. The Kier molecular flexibility index (Phi) is 8.89. The Morgan fingerprint density at radius 2 is 1.45 bits per heavy atom. The van der Waals surface area contributed by atoms with Crippen molar-refractivity contribution in [3.05, 3.63) is 96.4 Å². The van der Waals surface area contributed by atoms with Crippen molar-refractivity contribution in [1.29, 1.82) is 0 Å². The minimum Gasteiger partial charge on any atom is -0.345 e. The Morgan fingerprint density at radius 3 is 2.09 bits per heavy atom. The van der Waals surface area contributed by atoms with Crippen LogP contribution in [0.15, 0.2) is 85.3 Å². The zero-order valence-electron chi connectivity index (χ0n) is 27.0. The number of halogens is 3. The zero-order chi connectivity index (χ0) is 32.5. The van der Waals surface area contributed by atoms with E-state index < -0.39 is 11.7 Å². The van der Waals surface area contributed by atoms with Crippen LogP contribution < -0.4 is 9.80 Å². The average Bonchev–Trinajstić information content (AvgIpc) is 3.68. The number of nitrogens with zero attached hydrogens (tertiary/aromatic N) is 7. The van der Waals surface area contributed by atoms with Crippen LogP contribution in [-0.4, -0.2) is 77.1 Å². The van der Waals surface area contributed by atoms with Crippen LogP contribution in [0.1, 0.15) is 36.8 Å². The molecule has 0 amide bonds. The van der Waals surface area contributed by atoms with Crippen molar-refractivity contribution in [2.24, 2.45) is 11.8 Å². The zero-order valence-corrected chi connectivity index (χ0v) is 27.0. The molecule has 2 aliphatic heterocycles. The Labute approximate surface area is 275 Å².